The molecule has 0 bridgehead atoms. The minimum absolute atomic E-state index is 0.538. The molecule has 0 unspecified atom stereocenters. The molecule has 0 amide bonds. The molecule has 0 fully saturated rings. The number of hydrogen-bond donors (Lipinski definition) is 2. The zero-order valence-corrected chi connectivity index (χ0v) is 17.2. The van der Waals surface area contributed by atoms with Crippen molar-refractivity contribution in [2.75, 3.05) is 7.11 Å². The summed E-state index contributed by atoms with van der Waals surface area (Å²) in [5.41, 5.74) is 6.46. The van der Waals surface area contributed by atoms with Crippen molar-refractivity contribution >= 4 is 21.8 Å². The van der Waals surface area contributed by atoms with Crippen molar-refractivity contribution in [3.8, 4) is 5.75 Å². The summed E-state index contributed by atoms with van der Waals surface area (Å²) in [6.07, 6.45) is 4.19. The number of H-pyrrole nitrogens is 2. The van der Waals surface area contributed by atoms with Crippen molar-refractivity contribution in [3.05, 3.63) is 65.5 Å². The Hall–Kier alpha value is -2.68. The van der Waals surface area contributed by atoms with Gasteiger partial charge in [0.1, 0.15) is 5.75 Å². The molecular weight excluding hydrogens is 332 g/mol. The fourth-order valence-electron chi connectivity index (χ4n) is 3.60. The van der Waals surface area contributed by atoms with Gasteiger partial charge in [-0.3, -0.25) is 0 Å². The Labute approximate surface area is 161 Å². The summed E-state index contributed by atoms with van der Waals surface area (Å²) in [6, 6.07) is 12.6. The minimum atomic E-state index is 0.538. The molecule has 27 heavy (non-hydrogen) atoms. The molecule has 4 aromatic rings. The summed E-state index contributed by atoms with van der Waals surface area (Å²) in [6.45, 7) is 11.0. The Kier molecular flexibility index (Phi) is 5.59. The lowest BCUT2D eigenvalue weighted by Crippen LogP contribution is -1.85. The van der Waals surface area contributed by atoms with Crippen LogP contribution in [0.1, 0.15) is 56.2 Å². The van der Waals surface area contributed by atoms with Gasteiger partial charge in [0.2, 0.25) is 0 Å². The van der Waals surface area contributed by atoms with Crippen LogP contribution in [0.4, 0.5) is 0 Å². The van der Waals surface area contributed by atoms with Gasteiger partial charge in [0.25, 0.3) is 0 Å². The van der Waals surface area contributed by atoms with E-state index >= 15 is 0 Å². The fraction of sp³-hybridized carbons (Fsp3) is 0.333. The lowest BCUT2D eigenvalue weighted by atomic mass is 10.0. The number of aromatic amines is 2. The lowest BCUT2D eigenvalue weighted by molar-refractivity contribution is 0.419. The molecule has 0 radical (unpaired) electrons. The van der Waals surface area contributed by atoms with Crippen molar-refractivity contribution < 1.29 is 4.74 Å². The second kappa shape index (κ2) is 7.91. The smallest absolute Gasteiger partial charge is 0.142 e. The van der Waals surface area contributed by atoms with E-state index in [2.05, 4.69) is 81.2 Å². The quantitative estimate of drug-likeness (QED) is 0.409. The number of rotatable bonds is 3. The molecule has 3 heteroatoms. The Morgan fingerprint density at radius 3 is 1.81 bits per heavy atom. The van der Waals surface area contributed by atoms with Crippen LogP contribution in [0.15, 0.2) is 48.8 Å². The van der Waals surface area contributed by atoms with Crippen LogP contribution in [0.5, 0.6) is 5.75 Å². The van der Waals surface area contributed by atoms with Gasteiger partial charge in [-0.15, -0.1) is 0 Å². The van der Waals surface area contributed by atoms with E-state index in [1.54, 1.807) is 7.11 Å². The number of methoxy groups -OCH3 is 1. The fourth-order valence-corrected chi connectivity index (χ4v) is 3.60. The normalized spacial score (nSPS) is 11.3. The number of benzene rings is 2. The molecule has 0 spiro atoms. The lowest BCUT2D eigenvalue weighted by Gasteiger charge is -2.04. The number of aromatic nitrogens is 2. The van der Waals surface area contributed by atoms with Gasteiger partial charge in [-0.2, -0.15) is 0 Å². The monoisotopic (exact) mass is 362 g/mol. The van der Waals surface area contributed by atoms with Gasteiger partial charge in [-0.05, 0) is 41.5 Å². The van der Waals surface area contributed by atoms with E-state index in [9.17, 15) is 0 Å². The van der Waals surface area contributed by atoms with Crippen LogP contribution >= 0.6 is 0 Å². The van der Waals surface area contributed by atoms with Crippen LogP contribution < -0.4 is 4.74 Å². The molecule has 2 aromatic carbocycles. The molecular formula is C24H30N2O. The molecule has 0 atom stereocenters. The summed E-state index contributed by atoms with van der Waals surface area (Å²) in [7, 11) is 1.70. The molecule has 3 nitrogen and oxygen atoms in total. The van der Waals surface area contributed by atoms with Crippen LogP contribution in [-0.4, -0.2) is 17.1 Å². The molecule has 0 aliphatic rings. The maximum atomic E-state index is 5.29. The number of nitrogens with one attached hydrogen (secondary N) is 2. The van der Waals surface area contributed by atoms with Gasteiger partial charge in [-0.25, -0.2) is 0 Å². The third-order valence-corrected chi connectivity index (χ3v) is 5.13. The largest absolute Gasteiger partial charge is 0.495 e. The van der Waals surface area contributed by atoms with E-state index in [1.165, 1.54) is 33.0 Å². The zero-order valence-electron chi connectivity index (χ0n) is 17.2. The highest BCUT2D eigenvalue weighted by Crippen LogP contribution is 2.30. The van der Waals surface area contributed by atoms with E-state index in [4.69, 9.17) is 4.74 Å². The summed E-state index contributed by atoms with van der Waals surface area (Å²) in [5, 5.41) is 2.63. The second-order valence-corrected chi connectivity index (χ2v) is 7.68. The Morgan fingerprint density at radius 2 is 1.26 bits per heavy atom. The Morgan fingerprint density at radius 1 is 0.741 bits per heavy atom. The van der Waals surface area contributed by atoms with Crippen molar-refractivity contribution in [2.24, 2.45) is 0 Å². The predicted molar refractivity (Wildman–Crippen MR) is 116 cm³/mol. The maximum absolute atomic E-state index is 5.29. The third-order valence-electron chi connectivity index (χ3n) is 5.13. The average molecular weight is 363 g/mol. The van der Waals surface area contributed by atoms with Crippen LogP contribution in [0.25, 0.3) is 21.8 Å². The number of para-hydroxylation sites is 2. The number of hydrogen-bond acceptors (Lipinski definition) is 1. The predicted octanol–water partition coefficient (Wildman–Crippen LogP) is 6.90. The highest BCUT2D eigenvalue weighted by Gasteiger charge is 2.09. The Bertz CT molecular complexity index is 1040. The maximum Gasteiger partial charge on any atom is 0.142 e. The molecule has 2 N–H and O–H groups in total. The molecule has 0 aliphatic carbocycles. The van der Waals surface area contributed by atoms with Gasteiger partial charge >= 0.3 is 0 Å². The summed E-state index contributed by atoms with van der Waals surface area (Å²) >= 11 is 0. The second-order valence-electron chi connectivity index (χ2n) is 7.68. The first-order valence-corrected chi connectivity index (χ1v) is 9.64. The topological polar surface area (TPSA) is 40.8 Å². The van der Waals surface area contributed by atoms with E-state index in [1.807, 2.05) is 12.1 Å². The van der Waals surface area contributed by atoms with Crippen molar-refractivity contribution in [3.63, 3.8) is 0 Å². The van der Waals surface area contributed by atoms with Gasteiger partial charge in [0, 0.05) is 28.7 Å². The summed E-state index contributed by atoms with van der Waals surface area (Å²) in [4.78, 5) is 6.60. The minimum Gasteiger partial charge on any atom is -0.495 e. The molecule has 4 rings (SSSR count). The van der Waals surface area contributed by atoms with E-state index in [0.717, 1.165) is 11.3 Å². The van der Waals surface area contributed by atoms with Gasteiger partial charge < -0.3 is 14.7 Å². The van der Waals surface area contributed by atoms with Crippen molar-refractivity contribution in [1.82, 2.24) is 9.97 Å². The van der Waals surface area contributed by atoms with E-state index in [-0.39, 0.29) is 0 Å². The first-order chi connectivity index (χ1) is 12.9. The first kappa shape index (κ1) is 19.1. The van der Waals surface area contributed by atoms with Crippen LogP contribution in [-0.2, 0) is 0 Å². The van der Waals surface area contributed by atoms with Crippen LogP contribution in [0.3, 0.4) is 0 Å². The molecule has 0 aliphatic heterocycles. The first-order valence-electron chi connectivity index (χ1n) is 9.64. The van der Waals surface area contributed by atoms with Gasteiger partial charge in [0.05, 0.1) is 12.6 Å². The summed E-state index contributed by atoms with van der Waals surface area (Å²) < 4.78 is 5.29. The zero-order chi connectivity index (χ0) is 19.6. The van der Waals surface area contributed by atoms with Gasteiger partial charge in [-0.1, -0.05) is 58.0 Å². The molecule has 0 saturated heterocycles. The number of fused-ring (bicyclic) bond motifs is 2. The van der Waals surface area contributed by atoms with Crippen molar-refractivity contribution in [2.45, 2.75) is 46.5 Å². The standard InChI is InChI=1S/C12H15NO.C12H15N/c1-8(2)10-7-13-12-9(10)5-4-6-11(12)14-3;1-8(2)11-7-13-12-9(3)5-4-6-10(11)12/h4-8,13H,1-3H3;4-8,13H,1-3H3. The molecule has 0 saturated carbocycles. The van der Waals surface area contributed by atoms with E-state index in [0.29, 0.717) is 11.8 Å². The third kappa shape index (κ3) is 3.73. The number of aryl methyl sites for hydroxylation is 1. The number of ether oxygens (including phenoxy) is 1. The van der Waals surface area contributed by atoms with Crippen LogP contribution in [0.2, 0.25) is 0 Å². The van der Waals surface area contributed by atoms with Crippen LogP contribution in [0, 0.1) is 6.92 Å². The van der Waals surface area contributed by atoms with Crippen molar-refractivity contribution in [1.29, 1.82) is 0 Å². The Balaban J connectivity index is 0.000000156. The molecule has 142 valence electrons. The highest BCUT2D eigenvalue weighted by molar-refractivity contribution is 5.88. The van der Waals surface area contributed by atoms with E-state index < -0.39 is 0 Å². The average Bonchev–Trinajstić information content (AvgIpc) is 3.27. The SMILES string of the molecule is COc1cccc2c(C(C)C)c[nH]c12.Cc1cccc2c(C(C)C)c[nH]c12. The van der Waals surface area contributed by atoms with Gasteiger partial charge in [0.15, 0.2) is 0 Å². The summed E-state index contributed by atoms with van der Waals surface area (Å²) in [5.74, 6) is 2.04. The molecule has 2 heterocycles. The highest BCUT2D eigenvalue weighted by atomic mass is 16.5. The molecule has 2 aromatic heterocycles.